The van der Waals surface area contributed by atoms with E-state index in [4.69, 9.17) is 14.2 Å². The predicted molar refractivity (Wildman–Crippen MR) is 70.2 cm³/mol. The van der Waals surface area contributed by atoms with Crippen LogP contribution in [-0.4, -0.2) is 24.3 Å². The zero-order chi connectivity index (χ0) is 15.3. The highest BCUT2D eigenvalue weighted by Crippen LogP contribution is 2.39. The number of aldehydes is 1. The Kier molecular flexibility index (Phi) is 5.25. The summed E-state index contributed by atoms with van der Waals surface area (Å²) in [5.41, 5.74) is 0.243. The highest BCUT2D eigenvalue weighted by Gasteiger charge is 2.19. The molecule has 1 aromatic rings. The fourth-order valence-corrected chi connectivity index (χ4v) is 1.48. The fourth-order valence-electron chi connectivity index (χ4n) is 1.48. The Morgan fingerprint density at radius 3 is 2.05 bits per heavy atom. The van der Waals surface area contributed by atoms with Gasteiger partial charge in [0, 0.05) is 19.4 Å². The van der Waals surface area contributed by atoms with Gasteiger partial charge in [-0.15, -0.1) is 0 Å². The highest BCUT2D eigenvalue weighted by molar-refractivity contribution is 5.81. The van der Waals surface area contributed by atoms with Crippen LogP contribution in [0.25, 0.3) is 0 Å². The van der Waals surface area contributed by atoms with E-state index in [2.05, 4.69) is 0 Å². The number of carbonyl (C=O) groups excluding carboxylic acids is 3. The summed E-state index contributed by atoms with van der Waals surface area (Å²) in [5, 5.41) is 0. The second-order valence-corrected chi connectivity index (χ2v) is 4.32. The maximum absolute atomic E-state index is 11.2. The minimum absolute atomic E-state index is 0.0213. The van der Waals surface area contributed by atoms with Crippen LogP contribution in [0.15, 0.2) is 12.1 Å². The molecule has 0 heterocycles. The first-order chi connectivity index (χ1) is 9.33. The van der Waals surface area contributed by atoms with Crippen molar-refractivity contribution in [3.63, 3.8) is 0 Å². The maximum atomic E-state index is 11.2. The van der Waals surface area contributed by atoms with E-state index in [0.717, 1.165) is 0 Å². The van der Waals surface area contributed by atoms with Gasteiger partial charge < -0.3 is 14.2 Å². The molecular weight excluding hydrogens is 264 g/mol. The van der Waals surface area contributed by atoms with Crippen LogP contribution in [0.4, 0.5) is 0 Å². The Labute approximate surface area is 116 Å². The average molecular weight is 280 g/mol. The monoisotopic (exact) mass is 280 g/mol. The molecule has 0 aliphatic rings. The van der Waals surface area contributed by atoms with E-state index in [1.54, 1.807) is 13.8 Å². The molecule has 0 amide bonds. The summed E-state index contributed by atoms with van der Waals surface area (Å²) in [6, 6.07) is 2.72. The molecule has 0 fully saturated rings. The molecule has 20 heavy (non-hydrogen) atoms. The van der Waals surface area contributed by atoms with Crippen molar-refractivity contribution in [1.82, 2.24) is 0 Å². The molecule has 0 spiro atoms. The van der Waals surface area contributed by atoms with Gasteiger partial charge in [-0.3, -0.25) is 14.4 Å². The Morgan fingerprint density at radius 1 is 1.05 bits per heavy atom. The first kappa shape index (κ1) is 15.7. The minimum Gasteiger partial charge on any atom is -0.487 e. The number of hydrogen-bond donors (Lipinski definition) is 0. The normalized spacial score (nSPS) is 10.1. The Hall–Kier alpha value is -2.37. The molecule has 0 N–H and O–H groups in total. The summed E-state index contributed by atoms with van der Waals surface area (Å²) in [5.74, 6) is -1.08. The molecule has 1 aromatic carbocycles. The fraction of sp³-hybridized carbons (Fsp3) is 0.357. The van der Waals surface area contributed by atoms with Gasteiger partial charge in [0.05, 0.1) is 6.10 Å². The summed E-state index contributed by atoms with van der Waals surface area (Å²) in [6.45, 7) is 5.96. The van der Waals surface area contributed by atoms with Gasteiger partial charge in [-0.2, -0.15) is 0 Å². The number of rotatable bonds is 5. The molecule has 0 unspecified atom stereocenters. The second kappa shape index (κ2) is 6.70. The van der Waals surface area contributed by atoms with Crippen LogP contribution in [-0.2, 0) is 9.59 Å². The zero-order valence-electron chi connectivity index (χ0n) is 11.8. The van der Waals surface area contributed by atoms with Crippen molar-refractivity contribution >= 4 is 18.2 Å². The number of hydrogen-bond acceptors (Lipinski definition) is 6. The highest BCUT2D eigenvalue weighted by atomic mass is 16.6. The predicted octanol–water partition coefficient (Wildman–Crippen LogP) is 2.14. The first-order valence-corrected chi connectivity index (χ1v) is 6.00. The van der Waals surface area contributed by atoms with Gasteiger partial charge in [0.1, 0.15) is 6.29 Å². The van der Waals surface area contributed by atoms with E-state index in [1.807, 2.05) is 0 Å². The van der Waals surface area contributed by atoms with Crippen molar-refractivity contribution in [2.24, 2.45) is 0 Å². The molecular formula is C14H16O6. The van der Waals surface area contributed by atoms with Gasteiger partial charge >= 0.3 is 11.9 Å². The number of esters is 2. The van der Waals surface area contributed by atoms with Crippen LogP contribution >= 0.6 is 0 Å². The Morgan fingerprint density at radius 2 is 1.60 bits per heavy atom. The van der Waals surface area contributed by atoms with Crippen molar-refractivity contribution in [3.8, 4) is 17.2 Å². The van der Waals surface area contributed by atoms with Gasteiger partial charge in [0.15, 0.2) is 11.5 Å². The molecule has 0 bridgehead atoms. The van der Waals surface area contributed by atoms with Gasteiger partial charge in [-0.1, -0.05) is 0 Å². The van der Waals surface area contributed by atoms with E-state index >= 15 is 0 Å². The third kappa shape index (κ3) is 4.38. The van der Waals surface area contributed by atoms with Gasteiger partial charge in [0.25, 0.3) is 0 Å². The molecule has 0 atom stereocenters. The van der Waals surface area contributed by atoms with Crippen LogP contribution in [0.3, 0.4) is 0 Å². The topological polar surface area (TPSA) is 78.9 Å². The zero-order valence-corrected chi connectivity index (χ0v) is 11.8. The largest absolute Gasteiger partial charge is 0.487 e. The molecule has 1 rings (SSSR count). The average Bonchev–Trinajstić information content (AvgIpc) is 2.30. The number of ether oxygens (including phenoxy) is 3. The molecule has 0 aliphatic heterocycles. The SMILES string of the molecule is CC(=O)Oc1cc(C=O)cc(OC(C)C)c1OC(C)=O. The summed E-state index contributed by atoms with van der Waals surface area (Å²) >= 11 is 0. The Balaban J connectivity index is 3.39. The molecule has 0 saturated heterocycles. The van der Waals surface area contributed by atoms with Crippen molar-refractivity contribution in [2.45, 2.75) is 33.8 Å². The van der Waals surface area contributed by atoms with Gasteiger partial charge in [-0.25, -0.2) is 0 Å². The summed E-state index contributed by atoms with van der Waals surface area (Å²) < 4.78 is 15.5. The summed E-state index contributed by atoms with van der Waals surface area (Å²) in [4.78, 5) is 33.2. The molecule has 108 valence electrons. The third-order valence-electron chi connectivity index (χ3n) is 2.04. The van der Waals surface area contributed by atoms with E-state index < -0.39 is 11.9 Å². The molecule has 6 nitrogen and oxygen atoms in total. The molecule has 0 saturated carbocycles. The minimum atomic E-state index is -0.600. The molecule has 0 radical (unpaired) electrons. The molecule has 0 aliphatic carbocycles. The quantitative estimate of drug-likeness (QED) is 0.467. The number of carbonyl (C=O) groups is 3. The maximum Gasteiger partial charge on any atom is 0.308 e. The second-order valence-electron chi connectivity index (χ2n) is 4.32. The van der Waals surface area contributed by atoms with Crippen LogP contribution in [0, 0.1) is 0 Å². The smallest absolute Gasteiger partial charge is 0.308 e. The summed E-state index contributed by atoms with van der Waals surface area (Å²) in [7, 11) is 0. The van der Waals surface area contributed by atoms with Gasteiger partial charge in [0.2, 0.25) is 5.75 Å². The van der Waals surface area contributed by atoms with E-state index in [0.29, 0.717) is 6.29 Å². The van der Waals surface area contributed by atoms with E-state index in [9.17, 15) is 14.4 Å². The lowest BCUT2D eigenvalue weighted by Gasteiger charge is -2.16. The van der Waals surface area contributed by atoms with E-state index in [1.165, 1.54) is 26.0 Å². The lowest BCUT2D eigenvalue weighted by atomic mass is 10.2. The summed E-state index contributed by atoms with van der Waals surface area (Å²) in [6.07, 6.45) is 0.369. The third-order valence-corrected chi connectivity index (χ3v) is 2.04. The van der Waals surface area contributed by atoms with E-state index in [-0.39, 0.29) is 28.9 Å². The standard InChI is InChI=1S/C14H16O6/c1-8(2)18-12-5-11(7-15)6-13(19-9(3)16)14(12)20-10(4)17/h5-8H,1-4H3. The van der Waals surface area contributed by atoms with Crippen LogP contribution in [0.2, 0.25) is 0 Å². The van der Waals surface area contributed by atoms with Crippen molar-refractivity contribution in [2.75, 3.05) is 0 Å². The lowest BCUT2D eigenvalue weighted by molar-refractivity contribution is -0.134. The first-order valence-electron chi connectivity index (χ1n) is 6.00. The van der Waals surface area contributed by atoms with Crippen molar-refractivity contribution in [1.29, 1.82) is 0 Å². The van der Waals surface area contributed by atoms with Crippen LogP contribution < -0.4 is 14.2 Å². The van der Waals surface area contributed by atoms with Crippen LogP contribution in [0.5, 0.6) is 17.2 Å². The molecule has 6 heteroatoms. The Bertz CT molecular complexity index is 533. The van der Waals surface area contributed by atoms with Crippen molar-refractivity contribution < 1.29 is 28.6 Å². The lowest BCUT2D eigenvalue weighted by Crippen LogP contribution is -2.12. The molecule has 0 aromatic heterocycles. The number of benzene rings is 1. The van der Waals surface area contributed by atoms with Gasteiger partial charge in [-0.05, 0) is 26.0 Å². The van der Waals surface area contributed by atoms with Crippen molar-refractivity contribution in [3.05, 3.63) is 17.7 Å². The van der Waals surface area contributed by atoms with Crippen LogP contribution in [0.1, 0.15) is 38.1 Å².